The van der Waals surface area contributed by atoms with Gasteiger partial charge in [0.25, 0.3) is 0 Å². The van der Waals surface area contributed by atoms with Crippen LogP contribution in [0.25, 0.3) is 0 Å². The van der Waals surface area contributed by atoms with E-state index in [-0.39, 0.29) is 6.04 Å². The molecule has 0 aromatic carbocycles. The fourth-order valence-electron chi connectivity index (χ4n) is 2.05. The summed E-state index contributed by atoms with van der Waals surface area (Å²) in [6.45, 7) is 5.15. The molecule has 2 aromatic rings. The minimum absolute atomic E-state index is 0.275. The van der Waals surface area contributed by atoms with Crippen LogP contribution in [0.15, 0.2) is 29.0 Å². The summed E-state index contributed by atoms with van der Waals surface area (Å²) >= 11 is 0. The minimum atomic E-state index is 0.275. The van der Waals surface area contributed by atoms with Crippen molar-refractivity contribution in [2.24, 2.45) is 7.05 Å². The Morgan fingerprint density at radius 2 is 2.33 bits per heavy atom. The highest BCUT2D eigenvalue weighted by atomic mass is 16.3. The molecule has 98 valence electrons. The SMILES string of the molecule is CCCNC(Cc1ccn(C)n1)c1coc(C)c1. The van der Waals surface area contributed by atoms with Crippen LogP contribution in [0, 0.1) is 6.92 Å². The Bertz CT molecular complexity index is 487. The van der Waals surface area contributed by atoms with E-state index in [1.807, 2.05) is 31.1 Å². The standard InChI is InChI=1S/C14H21N3O/c1-4-6-15-14(12-8-11(2)18-10-12)9-13-5-7-17(3)16-13/h5,7-8,10,14-15H,4,6,9H2,1-3H3. The van der Waals surface area contributed by atoms with Gasteiger partial charge in [0.2, 0.25) is 0 Å². The molecule has 2 rings (SSSR count). The number of nitrogens with zero attached hydrogens (tertiary/aromatic N) is 2. The highest BCUT2D eigenvalue weighted by molar-refractivity contribution is 5.19. The molecule has 0 spiro atoms. The van der Waals surface area contributed by atoms with Gasteiger partial charge in [-0.15, -0.1) is 0 Å². The number of hydrogen-bond acceptors (Lipinski definition) is 3. The molecule has 0 radical (unpaired) electrons. The summed E-state index contributed by atoms with van der Waals surface area (Å²) in [5.74, 6) is 0.953. The normalized spacial score (nSPS) is 12.8. The van der Waals surface area contributed by atoms with Gasteiger partial charge in [0.1, 0.15) is 5.76 Å². The molecule has 2 aromatic heterocycles. The van der Waals surface area contributed by atoms with Crippen molar-refractivity contribution in [2.75, 3.05) is 6.54 Å². The van der Waals surface area contributed by atoms with Crippen molar-refractivity contribution in [1.82, 2.24) is 15.1 Å². The van der Waals surface area contributed by atoms with E-state index >= 15 is 0 Å². The number of nitrogens with one attached hydrogen (secondary N) is 1. The summed E-state index contributed by atoms with van der Waals surface area (Å²) in [6, 6.07) is 4.43. The number of rotatable bonds is 6. The van der Waals surface area contributed by atoms with Crippen LogP contribution in [0.4, 0.5) is 0 Å². The van der Waals surface area contributed by atoms with E-state index in [1.54, 1.807) is 0 Å². The zero-order valence-corrected chi connectivity index (χ0v) is 11.3. The van der Waals surface area contributed by atoms with E-state index in [0.717, 1.165) is 30.8 Å². The molecule has 0 saturated carbocycles. The van der Waals surface area contributed by atoms with E-state index in [0.29, 0.717) is 0 Å². The van der Waals surface area contributed by atoms with Crippen molar-refractivity contribution in [2.45, 2.75) is 32.7 Å². The first-order valence-corrected chi connectivity index (χ1v) is 6.46. The third kappa shape index (κ3) is 3.23. The molecule has 0 amide bonds. The maximum Gasteiger partial charge on any atom is 0.101 e. The lowest BCUT2D eigenvalue weighted by atomic mass is 10.0. The Kier molecular flexibility index (Phi) is 4.20. The first kappa shape index (κ1) is 12.9. The monoisotopic (exact) mass is 247 g/mol. The molecule has 4 heteroatoms. The predicted molar refractivity (Wildman–Crippen MR) is 71.4 cm³/mol. The van der Waals surface area contributed by atoms with Crippen molar-refractivity contribution in [3.63, 3.8) is 0 Å². The summed E-state index contributed by atoms with van der Waals surface area (Å²) in [4.78, 5) is 0. The predicted octanol–water partition coefficient (Wildman–Crippen LogP) is 2.60. The number of hydrogen-bond donors (Lipinski definition) is 1. The van der Waals surface area contributed by atoms with Crippen LogP contribution in [0.5, 0.6) is 0 Å². The van der Waals surface area contributed by atoms with Gasteiger partial charge in [0.15, 0.2) is 0 Å². The summed E-state index contributed by atoms with van der Waals surface area (Å²) in [5, 5.41) is 7.98. The van der Waals surface area contributed by atoms with E-state index in [2.05, 4.69) is 29.5 Å². The second-order valence-corrected chi connectivity index (χ2v) is 4.68. The number of aromatic nitrogens is 2. The molecule has 0 aliphatic rings. The molecule has 2 heterocycles. The maximum atomic E-state index is 5.40. The van der Waals surface area contributed by atoms with E-state index < -0.39 is 0 Å². The fraction of sp³-hybridized carbons (Fsp3) is 0.500. The topological polar surface area (TPSA) is 43.0 Å². The molecule has 0 fully saturated rings. The summed E-state index contributed by atoms with van der Waals surface area (Å²) in [6.07, 6.45) is 5.83. The lowest BCUT2D eigenvalue weighted by Crippen LogP contribution is -2.23. The van der Waals surface area contributed by atoms with Crippen LogP contribution in [-0.2, 0) is 13.5 Å². The van der Waals surface area contributed by atoms with Crippen molar-refractivity contribution in [3.05, 3.63) is 41.6 Å². The zero-order chi connectivity index (χ0) is 13.0. The third-order valence-corrected chi connectivity index (χ3v) is 2.98. The van der Waals surface area contributed by atoms with Gasteiger partial charge in [-0.2, -0.15) is 5.10 Å². The fourth-order valence-corrected chi connectivity index (χ4v) is 2.05. The second-order valence-electron chi connectivity index (χ2n) is 4.68. The quantitative estimate of drug-likeness (QED) is 0.853. The third-order valence-electron chi connectivity index (χ3n) is 2.98. The van der Waals surface area contributed by atoms with Gasteiger partial charge in [-0.25, -0.2) is 0 Å². The second kappa shape index (κ2) is 5.87. The van der Waals surface area contributed by atoms with Crippen molar-refractivity contribution >= 4 is 0 Å². The maximum absolute atomic E-state index is 5.40. The Balaban J connectivity index is 2.09. The molecule has 18 heavy (non-hydrogen) atoms. The lowest BCUT2D eigenvalue weighted by molar-refractivity contribution is 0.499. The molecular weight excluding hydrogens is 226 g/mol. The van der Waals surface area contributed by atoms with Crippen LogP contribution >= 0.6 is 0 Å². The van der Waals surface area contributed by atoms with Crippen LogP contribution in [0.3, 0.4) is 0 Å². The van der Waals surface area contributed by atoms with Gasteiger partial charge in [-0.1, -0.05) is 6.92 Å². The highest BCUT2D eigenvalue weighted by Gasteiger charge is 2.15. The molecule has 0 saturated heterocycles. The first-order valence-electron chi connectivity index (χ1n) is 6.46. The zero-order valence-electron chi connectivity index (χ0n) is 11.3. The molecule has 1 atom stereocenters. The average molecular weight is 247 g/mol. The van der Waals surface area contributed by atoms with Gasteiger partial charge < -0.3 is 9.73 Å². The molecule has 0 bridgehead atoms. The highest BCUT2D eigenvalue weighted by Crippen LogP contribution is 2.20. The lowest BCUT2D eigenvalue weighted by Gasteiger charge is -2.15. The van der Waals surface area contributed by atoms with Crippen LogP contribution < -0.4 is 5.32 Å². The molecule has 0 aliphatic heterocycles. The summed E-state index contributed by atoms with van der Waals surface area (Å²) in [5.41, 5.74) is 2.30. The minimum Gasteiger partial charge on any atom is -0.469 e. The Morgan fingerprint density at radius 3 is 2.89 bits per heavy atom. The van der Waals surface area contributed by atoms with Crippen LogP contribution in [0.1, 0.15) is 36.4 Å². The van der Waals surface area contributed by atoms with E-state index in [1.165, 1.54) is 5.56 Å². The average Bonchev–Trinajstić information content (AvgIpc) is 2.93. The number of aryl methyl sites for hydroxylation is 2. The summed E-state index contributed by atoms with van der Waals surface area (Å²) < 4.78 is 7.24. The molecule has 4 nitrogen and oxygen atoms in total. The van der Waals surface area contributed by atoms with Gasteiger partial charge in [-0.3, -0.25) is 4.68 Å². The summed E-state index contributed by atoms with van der Waals surface area (Å²) in [7, 11) is 1.94. The van der Waals surface area contributed by atoms with Crippen LogP contribution in [0.2, 0.25) is 0 Å². The van der Waals surface area contributed by atoms with E-state index in [9.17, 15) is 0 Å². The molecular formula is C14H21N3O. The van der Waals surface area contributed by atoms with Gasteiger partial charge >= 0.3 is 0 Å². The molecule has 1 N–H and O–H groups in total. The van der Waals surface area contributed by atoms with Crippen molar-refractivity contribution < 1.29 is 4.42 Å². The van der Waals surface area contributed by atoms with Crippen molar-refractivity contribution in [3.8, 4) is 0 Å². The van der Waals surface area contributed by atoms with Gasteiger partial charge in [0, 0.05) is 31.3 Å². The molecule has 0 aliphatic carbocycles. The molecule has 1 unspecified atom stereocenters. The van der Waals surface area contributed by atoms with Crippen LogP contribution in [-0.4, -0.2) is 16.3 Å². The van der Waals surface area contributed by atoms with E-state index in [4.69, 9.17) is 4.42 Å². The largest absolute Gasteiger partial charge is 0.469 e. The Morgan fingerprint density at radius 1 is 1.50 bits per heavy atom. The smallest absolute Gasteiger partial charge is 0.101 e. The van der Waals surface area contributed by atoms with Crippen molar-refractivity contribution in [1.29, 1.82) is 0 Å². The number of furan rings is 1. The first-order chi connectivity index (χ1) is 8.69. The van der Waals surface area contributed by atoms with Gasteiger partial charge in [0.05, 0.1) is 12.0 Å². The van der Waals surface area contributed by atoms with Gasteiger partial charge in [-0.05, 0) is 32.0 Å². The Hall–Kier alpha value is -1.55. The Labute approximate surface area is 108 Å².